The normalized spacial score (nSPS) is 12.0. The number of amides is 1. The van der Waals surface area contributed by atoms with Crippen molar-refractivity contribution in [3.63, 3.8) is 0 Å². The van der Waals surface area contributed by atoms with Gasteiger partial charge in [-0.15, -0.1) is 0 Å². The van der Waals surface area contributed by atoms with E-state index in [0.29, 0.717) is 11.3 Å². The molecule has 0 radical (unpaired) electrons. The SMILES string of the molecule is Nc1ccc(/C=C/C(=O)NC(CC(=O)O)C(=O)O)cc1. The molecule has 0 saturated heterocycles. The van der Waals surface area contributed by atoms with Crippen LogP contribution in [0, 0.1) is 0 Å². The fourth-order valence-corrected chi connectivity index (χ4v) is 1.37. The molecule has 0 saturated carbocycles. The largest absolute Gasteiger partial charge is 0.481 e. The number of carboxylic acid groups (broad SMARTS) is 2. The summed E-state index contributed by atoms with van der Waals surface area (Å²) in [6.07, 6.45) is 1.91. The van der Waals surface area contributed by atoms with Gasteiger partial charge in [-0.25, -0.2) is 4.79 Å². The van der Waals surface area contributed by atoms with Crippen molar-refractivity contribution >= 4 is 29.6 Å². The van der Waals surface area contributed by atoms with E-state index in [1.807, 2.05) is 0 Å². The summed E-state index contributed by atoms with van der Waals surface area (Å²) in [5, 5.41) is 19.4. The van der Waals surface area contributed by atoms with Gasteiger partial charge in [0.05, 0.1) is 6.42 Å². The van der Waals surface area contributed by atoms with Gasteiger partial charge in [-0.3, -0.25) is 9.59 Å². The molecule has 0 aliphatic carbocycles. The number of nitrogens with one attached hydrogen (secondary N) is 1. The van der Waals surface area contributed by atoms with Gasteiger partial charge >= 0.3 is 11.9 Å². The molecule has 7 heteroatoms. The van der Waals surface area contributed by atoms with Crippen LogP contribution >= 0.6 is 0 Å². The maximum Gasteiger partial charge on any atom is 0.326 e. The molecule has 1 amide bonds. The average molecular weight is 278 g/mol. The fraction of sp³-hybridized carbons (Fsp3) is 0.154. The zero-order valence-corrected chi connectivity index (χ0v) is 10.4. The summed E-state index contributed by atoms with van der Waals surface area (Å²) in [4.78, 5) is 32.7. The lowest BCUT2D eigenvalue weighted by Gasteiger charge is -2.10. The van der Waals surface area contributed by atoms with Crippen LogP contribution in [-0.2, 0) is 14.4 Å². The molecular weight excluding hydrogens is 264 g/mol. The van der Waals surface area contributed by atoms with Gasteiger partial charge in [0.1, 0.15) is 6.04 Å². The summed E-state index contributed by atoms with van der Waals surface area (Å²) in [6.45, 7) is 0. The van der Waals surface area contributed by atoms with Crippen molar-refractivity contribution in [2.24, 2.45) is 0 Å². The maximum atomic E-state index is 11.5. The van der Waals surface area contributed by atoms with E-state index in [4.69, 9.17) is 15.9 Å². The third kappa shape index (κ3) is 5.21. The quantitative estimate of drug-likeness (QED) is 0.438. The highest BCUT2D eigenvalue weighted by Crippen LogP contribution is 2.06. The number of carboxylic acids is 2. The second kappa shape index (κ2) is 6.93. The van der Waals surface area contributed by atoms with Crippen LogP contribution < -0.4 is 11.1 Å². The van der Waals surface area contributed by atoms with Crippen molar-refractivity contribution in [2.75, 3.05) is 5.73 Å². The first kappa shape index (κ1) is 15.2. The van der Waals surface area contributed by atoms with Gasteiger partial charge in [0.15, 0.2) is 0 Å². The molecule has 106 valence electrons. The lowest BCUT2D eigenvalue weighted by atomic mass is 10.2. The lowest BCUT2D eigenvalue weighted by molar-refractivity contribution is -0.146. The number of hydrogen-bond donors (Lipinski definition) is 4. The molecule has 1 unspecified atom stereocenters. The second-order valence-electron chi connectivity index (χ2n) is 4.00. The summed E-state index contributed by atoms with van der Waals surface area (Å²) in [5.74, 6) is -3.39. The molecule has 1 aromatic carbocycles. The minimum Gasteiger partial charge on any atom is -0.481 e. The van der Waals surface area contributed by atoms with Crippen LogP contribution in [0.1, 0.15) is 12.0 Å². The third-order valence-corrected chi connectivity index (χ3v) is 2.36. The summed E-state index contributed by atoms with van der Waals surface area (Å²) in [6, 6.07) is 5.22. The van der Waals surface area contributed by atoms with Crippen molar-refractivity contribution < 1.29 is 24.6 Å². The molecule has 5 N–H and O–H groups in total. The Labute approximate surface area is 114 Å². The first-order chi connectivity index (χ1) is 9.38. The van der Waals surface area contributed by atoms with Crippen molar-refractivity contribution in [1.82, 2.24) is 5.32 Å². The first-order valence-electron chi connectivity index (χ1n) is 5.67. The van der Waals surface area contributed by atoms with Gasteiger partial charge in [0, 0.05) is 11.8 Å². The molecule has 0 aliphatic heterocycles. The molecule has 1 atom stereocenters. The van der Waals surface area contributed by atoms with Crippen LogP contribution in [0.3, 0.4) is 0 Å². The van der Waals surface area contributed by atoms with Crippen LogP contribution in [0.25, 0.3) is 6.08 Å². The van der Waals surface area contributed by atoms with Crippen LogP contribution in [0.5, 0.6) is 0 Å². The predicted molar refractivity (Wildman–Crippen MR) is 71.7 cm³/mol. The zero-order valence-electron chi connectivity index (χ0n) is 10.4. The van der Waals surface area contributed by atoms with Gasteiger partial charge in [0.25, 0.3) is 0 Å². The van der Waals surface area contributed by atoms with Gasteiger partial charge in [-0.1, -0.05) is 12.1 Å². The monoisotopic (exact) mass is 278 g/mol. The number of anilines is 1. The smallest absolute Gasteiger partial charge is 0.326 e. The summed E-state index contributed by atoms with van der Waals surface area (Å²) in [7, 11) is 0. The van der Waals surface area contributed by atoms with Gasteiger partial charge < -0.3 is 21.3 Å². The lowest BCUT2D eigenvalue weighted by Crippen LogP contribution is -2.41. The molecule has 0 heterocycles. The number of nitrogens with two attached hydrogens (primary N) is 1. The molecule has 7 nitrogen and oxygen atoms in total. The zero-order chi connectivity index (χ0) is 15.1. The van der Waals surface area contributed by atoms with E-state index in [-0.39, 0.29) is 0 Å². The van der Waals surface area contributed by atoms with E-state index in [1.165, 1.54) is 6.08 Å². The topological polar surface area (TPSA) is 130 Å². The van der Waals surface area contributed by atoms with Crippen LogP contribution in [0.15, 0.2) is 30.3 Å². The molecular formula is C13H14N2O5. The molecule has 0 bridgehead atoms. The number of hydrogen-bond acceptors (Lipinski definition) is 4. The molecule has 0 aromatic heterocycles. The fourth-order valence-electron chi connectivity index (χ4n) is 1.37. The molecule has 0 spiro atoms. The van der Waals surface area contributed by atoms with E-state index >= 15 is 0 Å². The number of benzene rings is 1. The Morgan fingerprint density at radius 2 is 1.80 bits per heavy atom. The molecule has 20 heavy (non-hydrogen) atoms. The predicted octanol–water partition coefficient (Wildman–Crippen LogP) is 0.326. The first-order valence-corrected chi connectivity index (χ1v) is 5.67. The highest BCUT2D eigenvalue weighted by atomic mass is 16.4. The Bertz CT molecular complexity index is 536. The van der Waals surface area contributed by atoms with E-state index in [2.05, 4.69) is 5.32 Å². The average Bonchev–Trinajstić information content (AvgIpc) is 2.36. The van der Waals surface area contributed by atoms with Crippen molar-refractivity contribution in [1.29, 1.82) is 0 Å². The van der Waals surface area contributed by atoms with E-state index in [9.17, 15) is 14.4 Å². The summed E-state index contributed by atoms with van der Waals surface area (Å²) in [5.41, 5.74) is 6.79. The van der Waals surface area contributed by atoms with Crippen molar-refractivity contribution in [3.8, 4) is 0 Å². The number of nitrogen functional groups attached to an aromatic ring is 1. The van der Waals surface area contributed by atoms with Gasteiger partial charge in [-0.2, -0.15) is 0 Å². The molecule has 0 aliphatic rings. The third-order valence-electron chi connectivity index (χ3n) is 2.36. The summed E-state index contributed by atoms with van der Waals surface area (Å²) < 4.78 is 0. The Balaban J connectivity index is 2.63. The minimum absolute atomic E-state index is 0.582. The second-order valence-corrected chi connectivity index (χ2v) is 4.00. The van der Waals surface area contributed by atoms with Crippen LogP contribution in [0.4, 0.5) is 5.69 Å². The van der Waals surface area contributed by atoms with Gasteiger partial charge in [0.2, 0.25) is 5.91 Å². The van der Waals surface area contributed by atoms with E-state index in [0.717, 1.165) is 6.08 Å². The standard InChI is InChI=1S/C13H14N2O5/c14-9-4-1-8(2-5-9)3-6-11(16)15-10(13(19)20)7-12(17)18/h1-6,10H,7,14H2,(H,15,16)(H,17,18)(H,19,20)/b6-3+. The number of carbonyl (C=O) groups excluding carboxylic acids is 1. The molecule has 1 rings (SSSR count). The number of rotatable bonds is 6. The maximum absolute atomic E-state index is 11.5. The van der Waals surface area contributed by atoms with E-state index in [1.54, 1.807) is 24.3 Å². The van der Waals surface area contributed by atoms with Gasteiger partial charge in [-0.05, 0) is 23.8 Å². The van der Waals surface area contributed by atoms with Crippen molar-refractivity contribution in [3.05, 3.63) is 35.9 Å². The Kier molecular flexibility index (Phi) is 5.28. The van der Waals surface area contributed by atoms with Crippen molar-refractivity contribution in [2.45, 2.75) is 12.5 Å². The Morgan fingerprint density at radius 3 is 2.30 bits per heavy atom. The number of aliphatic carboxylic acids is 2. The molecule has 1 aromatic rings. The van der Waals surface area contributed by atoms with E-state index < -0.39 is 30.3 Å². The van der Waals surface area contributed by atoms with Crippen LogP contribution in [-0.4, -0.2) is 34.1 Å². The Hall–Kier alpha value is -2.83. The Morgan fingerprint density at radius 1 is 1.20 bits per heavy atom. The number of carbonyl (C=O) groups is 3. The highest BCUT2D eigenvalue weighted by Gasteiger charge is 2.21. The molecule has 0 fully saturated rings. The van der Waals surface area contributed by atoms with Crippen LogP contribution in [0.2, 0.25) is 0 Å². The minimum atomic E-state index is -1.46. The highest BCUT2D eigenvalue weighted by molar-refractivity contribution is 5.95. The summed E-state index contributed by atoms with van der Waals surface area (Å²) >= 11 is 0.